The Bertz CT molecular complexity index is 463. The van der Waals surface area contributed by atoms with Gasteiger partial charge in [-0.25, -0.2) is 4.98 Å². The number of aromatic nitrogens is 1. The van der Waals surface area contributed by atoms with E-state index in [0.717, 1.165) is 58.1 Å². The van der Waals surface area contributed by atoms with E-state index in [1.807, 2.05) is 5.38 Å². The predicted octanol–water partition coefficient (Wildman–Crippen LogP) is 1.37. The first-order valence-electron chi connectivity index (χ1n) is 7.07. The molecule has 9 heteroatoms. The lowest BCUT2D eigenvalue weighted by Gasteiger charge is -2.25. The predicted molar refractivity (Wildman–Crippen MR) is 92.3 cm³/mol. The molecule has 0 aliphatic carbocycles. The molecule has 1 unspecified atom stereocenters. The summed E-state index contributed by atoms with van der Waals surface area (Å²) in [7, 11) is 0. The highest BCUT2D eigenvalue weighted by Crippen LogP contribution is 2.19. The van der Waals surface area contributed by atoms with Crippen molar-refractivity contribution in [3.63, 3.8) is 0 Å². The third-order valence-electron chi connectivity index (χ3n) is 3.70. The van der Waals surface area contributed by atoms with Gasteiger partial charge in [0.05, 0.1) is 24.8 Å². The number of hydrogen-bond acceptors (Lipinski definition) is 6. The number of halogens is 2. The van der Waals surface area contributed by atoms with Crippen molar-refractivity contribution in [1.29, 1.82) is 0 Å². The molecule has 2 aliphatic heterocycles. The number of amides is 1. The van der Waals surface area contributed by atoms with Gasteiger partial charge in [-0.1, -0.05) is 0 Å². The summed E-state index contributed by atoms with van der Waals surface area (Å²) < 4.78 is 5.33. The number of nitrogens with one attached hydrogen (secondary N) is 2. The lowest BCUT2D eigenvalue weighted by Crippen LogP contribution is -2.35. The SMILES string of the molecule is Cl.Cl.O=C(Nc1nc(CN2CCOCC2)cs1)C1CCNC1. The van der Waals surface area contributed by atoms with Crippen LogP contribution < -0.4 is 10.6 Å². The second-order valence-corrected chi connectivity index (χ2v) is 6.07. The molecule has 2 aliphatic rings. The maximum Gasteiger partial charge on any atom is 0.230 e. The van der Waals surface area contributed by atoms with Gasteiger partial charge in [0.15, 0.2) is 5.13 Å². The Kier molecular flexibility index (Phi) is 8.59. The zero-order chi connectivity index (χ0) is 13.8. The third-order valence-corrected chi connectivity index (χ3v) is 4.51. The van der Waals surface area contributed by atoms with E-state index in [-0.39, 0.29) is 36.6 Å². The largest absolute Gasteiger partial charge is 0.379 e. The highest BCUT2D eigenvalue weighted by molar-refractivity contribution is 7.13. The molecule has 0 bridgehead atoms. The Labute approximate surface area is 146 Å². The average molecular weight is 369 g/mol. The van der Waals surface area contributed by atoms with E-state index in [1.165, 1.54) is 11.3 Å². The highest BCUT2D eigenvalue weighted by Gasteiger charge is 2.23. The Balaban J connectivity index is 0.00000121. The first kappa shape index (κ1) is 19.6. The molecular formula is C13H22Cl2N4O2S. The van der Waals surface area contributed by atoms with Crippen molar-refractivity contribution in [1.82, 2.24) is 15.2 Å². The van der Waals surface area contributed by atoms with Crippen LogP contribution in [0, 0.1) is 5.92 Å². The van der Waals surface area contributed by atoms with Gasteiger partial charge in [-0.2, -0.15) is 0 Å². The van der Waals surface area contributed by atoms with E-state index in [2.05, 4.69) is 20.5 Å². The van der Waals surface area contributed by atoms with Gasteiger partial charge in [0.1, 0.15) is 0 Å². The Morgan fingerprint density at radius 3 is 2.91 bits per heavy atom. The summed E-state index contributed by atoms with van der Waals surface area (Å²) in [5.41, 5.74) is 1.02. The molecule has 3 heterocycles. The molecule has 6 nitrogen and oxygen atoms in total. The van der Waals surface area contributed by atoms with Gasteiger partial charge < -0.3 is 15.4 Å². The van der Waals surface area contributed by atoms with Crippen LogP contribution in [0.5, 0.6) is 0 Å². The number of rotatable bonds is 4. The molecule has 1 aromatic heterocycles. The quantitative estimate of drug-likeness (QED) is 0.839. The number of anilines is 1. The van der Waals surface area contributed by atoms with Crippen molar-refractivity contribution in [2.45, 2.75) is 13.0 Å². The molecular weight excluding hydrogens is 347 g/mol. The summed E-state index contributed by atoms with van der Waals surface area (Å²) in [6, 6.07) is 0. The Morgan fingerprint density at radius 2 is 2.23 bits per heavy atom. The van der Waals surface area contributed by atoms with Crippen LogP contribution in [0.2, 0.25) is 0 Å². The smallest absolute Gasteiger partial charge is 0.230 e. The summed E-state index contributed by atoms with van der Waals surface area (Å²) in [6.07, 6.45) is 0.915. The molecule has 126 valence electrons. The summed E-state index contributed by atoms with van der Waals surface area (Å²) in [5, 5.41) is 8.87. The van der Waals surface area contributed by atoms with E-state index >= 15 is 0 Å². The highest BCUT2D eigenvalue weighted by atomic mass is 35.5. The maximum absolute atomic E-state index is 12.0. The van der Waals surface area contributed by atoms with Gasteiger partial charge in [-0.05, 0) is 13.0 Å². The van der Waals surface area contributed by atoms with Gasteiger partial charge in [-0.3, -0.25) is 9.69 Å². The lowest BCUT2D eigenvalue weighted by atomic mass is 10.1. The van der Waals surface area contributed by atoms with Crippen molar-refractivity contribution in [3.8, 4) is 0 Å². The van der Waals surface area contributed by atoms with Crippen LogP contribution in [-0.4, -0.2) is 55.2 Å². The molecule has 0 radical (unpaired) electrons. The Hall–Kier alpha value is -0.440. The van der Waals surface area contributed by atoms with Crippen LogP contribution in [0.3, 0.4) is 0 Å². The van der Waals surface area contributed by atoms with Crippen molar-refractivity contribution >= 4 is 47.2 Å². The van der Waals surface area contributed by atoms with Gasteiger partial charge in [0.2, 0.25) is 5.91 Å². The standard InChI is InChI=1S/C13H20N4O2S.2ClH/c18-12(10-1-2-14-7-10)16-13-15-11(9-20-13)8-17-3-5-19-6-4-17;;/h9-10,14H,1-8H2,(H,15,16,18);2*1H. The van der Waals surface area contributed by atoms with E-state index in [0.29, 0.717) is 5.13 Å². The fourth-order valence-electron chi connectivity index (χ4n) is 2.51. The van der Waals surface area contributed by atoms with Crippen molar-refractivity contribution < 1.29 is 9.53 Å². The monoisotopic (exact) mass is 368 g/mol. The van der Waals surface area contributed by atoms with Gasteiger partial charge in [-0.15, -0.1) is 36.2 Å². The number of carbonyl (C=O) groups excluding carboxylic acids is 1. The summed E-state index contributed by atoms with van der Waals surface area (Å²) in [5.74, 6) is 0.170. The lowest BCUT2D eigenvalue weighted by molar-refractivity contribution is -0.119. The van der Waals surface area contributed by atoms with E-state index in [9.17, 15) is 4.79 Å². The van der Waals surface area contributed by atoms with E-state index in [1.54, 1.807) is 0 Å². The zero-order valence-corrected chi connectivity index (χ0v) is 14.7. The number of ether oxygens (including phenoxy) is 1. The molecule has 22 heavy (non-hydrogen) atoms. The number of hydrogen-bond donors (Lipinski definition) is 2. The fourth-order valence-corrected chi connectivity index (χ4v) is 3.22. The molecule has 0 saturated carbocycles. The minimum Gasteiger partial charge on any atom is -0.379 e. The second-order valence-electron chi connectivity index (χ2n) is 5.21. The molecule has 1 amide bonds. The molecule has 1 atom stereocenters. The normalized spacial score (nSPS) is 21.7. The van der Waals surface area contributed by atoms with Gasteiger partial charge in [0, 0.05) is 31.6 Å². The van der Waals surface area contributed by atoms with Crippen LogP contribution in [0.1, 0.15) is 12.1 Å². The zero-order valence-electron chi connectivity index (χ0n) is 12.2. The number of thiazole rings is 1. The van der Waals surface area contributed by atoms with Crippen molar-refractivity contribution in [3.05, 3.63) is 11.1 Å². The molecule has 0 aromatic carbocycles. The fraction of sp³-hybridized carbons (Fsp3) is 0.692. The van der Waals surface area contributed by atoms with E-state index in [4.69, 9.17) is 4.74 Å². The summed E-state index contributed by atoms with van der Waals surface area (Å²) >= 11 is 1.50. The second kappa shape index (κ2) is 9.64. The molecule has 2 fully saturated rings. The topological polar surface area (TPSA) is 66.5 Å². The van der Waals surface area contributed by atoms with Gasteiger partial charge >= 0.3 is 0 Å². The molecule has 0 spiro atoms. The number of carbonyl (C=O) groups is 1. The molecule has 2 N–H and O–H groups in total. The van der Waals surface area contributed by atoms with Gasteiger partial charge in [0.25, 0.3) is 0 Å². The summed E-state index contributed by atoms with van der Waals surface area (Å²) in [6.45, 7) is 6.03. The third kappa shape index (κ3) is 5.33. The molecule has 1 aromatic rings. The van der Waals surface area contributed by atoms with Crippen LogP contribution in [-0.2, 0) is 16.1 Å². The minimum absolute atomic E-state index is 0. The Morgan fingerprint density at radius 1 is 1.45 bits per heavy atom. The molecule has 3 rings (SSSR count). The first-order valence-corrected chi connectivity index (χ1v) is 7.95. The van der Waals surface area contributed by atoms with Crippen molar-refractivity contribution in [2.75, 3.05) is 44.7 Å². The number of nitrogens with zero attached hydrogens (tertiary/aromatic N) is 2. The summed E-state index contributed by atoms with van der Waals surface area (Å²) in [4.78, 5) is 18.8. The first-order chi connectivity index (χ1) is 9.81. The van der Waals surface area contributed by atoms with Crippen LogP contribution >= 0.6 is 36.2 Å². The van der Waals surface area contributed by atoms with Crippen LogP contribution in [0.4, 0.5) is 5.13 Å². The minimum atomic E-state index is 0. The van der Waals surface area contributed by atoms with E-state index < -0.39 is 0 Å². The maximum atomic E-state index is 12.0. The molecule has 2 saturated heterocycles. The van der Waals surface area contributed by atoms with Crippen LogP contribution in [0.15, 0.2) is 5.38 Å². The number of morpholine rings is 1. The van der Waals surface area contributed by atoms with Crippen molar-refractivity contribution in [2.24, 2.45) is 5.92 Å². The van der Waals surface area contributed by atoms with Crippen LogP contribution in [0.25, 0.3) is 0 Å². The average Bonchev–Trinajstić information content (AvgIpc) is 3.11.